The predicted octanol–water partition coefficient (Wildman–Crippen LogP) is 2.20. The summed E-state index contributed by atoms with van der Waals surface area (Å²) in [5, 5.41) is 0. The number of ether oxygens (including phenoxy) is 1. The minimum atomic E-state index is -3.67. The molecule has 0 aliphatic carbocycles. The van der Waals surface area contributed by atoms with Gasteiger partial charge in [-0.3, -0.25) is 4.79 Å². The molecule has 0 radical (unpaired) electrons. The molecule has 0 unspecified atom stereocenters. The quantitative estimate of drug-likeness (QED) is 0.590. The Balaban J connectivity index is 1.27. The highest BCUT2D eigenvalue weighted by Gasteiger charge is 2.39. The Bertz CT molecular complexity index is 957. The van der Waals surface area contributed by atoms with Crippen LogP contribution in [0.3, 0.4) is 0 Å². The molecular formula is C25H38N4O5S. The normalized spacial score (nSPS) is 23.3. The first-order valence-corrected chi connectivity index (χ1v) is 14.3. The molecule has 3 aliphatic heterocycles. The van der Waals surface area contributed by atoms with Crippen LogP contribution in [0.15, 0.2) is 30.3 Å². The number of hydrogen-bond donors (Lipinski definition) is 0. The van der Waals surface area contributed by atoms with Gasteiger partial charge in [0, 0.05) is 52.4 Å². The molecule has 4 rings (SSSR count). The molecule has 1 atom stereocenters. The van der Waals surface area contributed by atoms with Crippen LogP contribution in [0.5, 0.6) is 0 Å². The fraction of sp³-hybridized carbons (Fsp3) is 0.680. The molecule has 1 aromatic carbocycles. The number of likely N-dealkylation sites (tertiary alicyclic amines) is 1. The number of hydrogen-bond acceptors (Lipinski definition) is 5. The molecule has 10 heteroatoms. The number of nitrogens with zero attached hydrogens (tertiary/aromatic N) is 4. The molecule has 0 saturated carbocycles. The average Bonchev–Trinajstić information content (AvgIpc) is 2.89. The van der Waals surface area contributed by atoms with Crippen LogP contribution in [0, 0.1) is 11.8 Å². The first kappa shape index (κ1) is 25.9. The van der Waals surface area contributed by atoms with Crippen molar-refractivity contribution < 1.29 is 22.7 Å². The highest BCUT2D eigenvalue weighted by atomic mass is 32.2. The SMILES string of the molecule is CCOC(=O)N1CCN(S(=O)(=O)N2CCC[C@@H](C(=O)N3CCC(Cc4ccccc4)CC3)C2)CC1. The van der Waals surface area contributed by atoms with E-state index in [1.807, 2.05) is 11.0 Å². The molecule has 35 heavy (non-hydrogen) atoms. The molecule has 0 N–H and O–H groups in total. The lowest BCUT2D eigenvalue weighted by Gasteiger charge is -2.40. The second-order valence-corrected chi connectivity index (χ2v) is 11.7. The first-order chi connectivity index (χ1) is 16.9. The van der Waals surface area contributed by atoms with Gasteiger partial charge in [-0.2, -0.15) is 17.0 Å². The topological polar surface area (TPSA) is 90.5 Å². The van der Waals surface area contributed by atoms with E-state index in [-0.39, 0.29) is 31.5 Å². The van der Waals surface area contributed by atoms with Gasteiger partial charge in [0.2, 0.25) is 5.91 Å². The van der Waals surface area contributed by atoms with Gasteiger partial charge in [-0.15, -0.1) is 0 Å². The van der Waals surface area contributed by atoms with Crippen LogP contribution in [0.4, 0.5) is 4.79 Å². The summed E-state index contributed by atoms with van der Waals surface area (Å²) in [6.07, 6.45) is 4.02. The van der Waals surface area contributed by atoms with E-state index in [0.29, 0.717) is 38.6 Å². The van der Waals surface area contributed by atoms with Crippen molar-refractivity contribution in [2.75, 3.05) is 59.0 Å². The van der Waals surface area contributed by atoms with E-state index in [1.165, 1.54) is 14.2 Å². The van der Waals surface area contributed by atoms with Crippen molar-refractivity contribution in [3.05, 3.63) is 35.9 Å². The highest BCUT2D eigenvalue weighted by Crippen LogP contribution is 2.27. The predicted molar refractivity (Wildman–Crippen MR) is 133 cm³/mol. The minimum absolute atomic E-state index is 0.0928. The molecule has 3 heterocycles. The third-order valence-corrected chi connectivity index (χ3v) is 9.45. The zero-order valence-corrected chi connectivity index (χ0v) is 21.5. The summed E-state index contributed by atoms with van der Waals surface area (Å²) < 4.78 is 34.5. The molecular weight excluding hydrogens is 468 g/mol. The van der Waals surface area contributed by atoms with Crippen LogP contribution in [0.2, 0.25) is 0 Å². The maximum atomic E-state index is 13.3. The summed E-state index contributed by atoms with van der Waals surface area (Å²) in [5.74, 6) is 0.387. The van der Waals surface area contributed by atoms with E-state index in [2.05, 4.69) is 24.3 Å². The van der Waals surface area contributed by atoms with Crippen LogP contribution >= 0.6 is 0 Å². The lowest BCUT2D eigenvalue weighted by atomic mass is 9.89. The molecule has 194 valence electrons. The second kappa shape index (κ2) is 11.7. The van der Waals surface area contributed by atoms with Crippen molar-refractivity contribution in [2.24, 2.45) is 11.8 Å². The van der Waals surface area contributed by atoms with Gasteiger partial charge in [-0.05, 0) is 50.5 Å². The zero-order valence-electron chi connectivity index (χ0n) is 20.7. The van der Waals surface area contributed by atoms with E-state index in [0.717, 1.165) is 38.8 Å². The monoisotopic (exact) mass is 506 g/mol. The van der Waals surface area contributed by atoms with Crippen molar-refractivity contribution in [2.45, 2.75) is 39.0 Å². The number of amides is 2. The van der Waals surface area contributed by atoms with Gasteiger partial charge in [-0.25, -0.2) is 4.79 Å². The van der Waals surface area contributed by atoms with Crippen LogP contribution in [0.1, 0.15) is 38.2 Å². The van der Waals surface area contributed by atoms with E-state index in [4.69, 9.17) is 4.74 Å². The van der Waals surface area contributed by atoms with Gasteiger partial charge in [0.1, 0.15) is 0 Å². The lowest BCUT2D eigenvalue weighted by Crippen LogP contribution is -2.56. The Morgan fingerprint density at radius 1 is 0.886 bits per heavy atom. The van der Waals surface area contributed by atoms with E-state index in [9.17, 15) is 18.0 Å². The van der Waals surface area contributed by atoms with Crippen LogP contribution < -0.4 is 0 Å². The summed E-state index contributed by atoms with van der Waals surface area (Å²) in [5.41, 5.74) is 1.34. The Labute approximate surface area is 209 Å². The minimum Gasteiger partial charge on any atom is -0.450 e. The average molecular weight is 507 g/mol. The van der Waals surface area contributed by atoms with Crippen molar-refractivity contribution in [3.8, 4) is 0 Å². The van der Waals surface area contributed by atoms with Gasteiger partial charge in [0.15, 0.2) is 0 Å². The van der Waals surface area contributed by atoms with Crippen molar-refractivity contribution in [3.63, 3.8) is 0 Å². The van der Waals surface area contributed by atoms with Gasteiger partial charge in [0.05, 0.1) is 12.5 Å². The van der Waals surface area contributed by atoms with Crippen molar-refractivity contribution in [1.29, 1.82) is 0 Å². The Morgan fingerprint density at radius 2 is 1.57 bits per heavy atom. The first-order valence-electron chi connectivity index (χ1n) is 12.9. The molecule has 9 nitrogen and oxygen atoms in total. The molecule has 0 spiro atoms. The molecule has 1 aromatic rings. The molecule has 3 fully saturated rings. The largest absolute Gasteiger partial charge is 0.450 e. The summed E-state index contributed by atoms with van der Waals surface area (Å²) >= 11 is 0. The second-order valence-electron chi connectivity index (χ2n) is 9.75. The Kier molecular flexibility index (Phi) is 8.67. The Morgan fingerprint density at radius 3 is 2.23 bits per heavy atom. The number of benzene rings is 1. The van der Waals surface area contributed by atoms with Crippen LogP contribution in [-0.4, -0.2) is 97.8 Å². The van der Waals surface area contributed by atoms with Crippen LogP contribution in [-0.2, 0) is 26.2 Å². The smallest absolute Gasteiger partial charge is 0.409 e. The van der Waals surface area contributed by atoms with Crippen molar-refractivity contribution >= 4 is 22.2 Å². The zero-order chi connectivity index (χ0) is 24.8. The maximum Gasteiger partial charge on any atom is 0.409 e. The summed E-state index contributed by atoms with van der Waals surface area (Å²) in [7, 11) is -3.67. The standard InChI is InChI=1S/C25H38N4O5S/c1-2-34-25(31)27-15-17-28(18-16-27)35(32,33)29-12-6-9-23(20-29)24(30)26-13-10-22(11-14-26)19-21-7-4-3-5-8-21/h3-5,7-8,22-23H,2,6,9-20H2,1H3/t23-/m1/s1. The van der Waals surface area contributed by atoms with E-state index in [1.54, 1.807) is 11.8 Å². The number of piperidine rings is 2. The summed E-state index contributed by atoms with van der Waals surface area (Å²) in [4.78, 5) is 28.7. The fourth-order valence-electron chi connectivity index (χ4n) is 5.40. The molecule has 3 saturated heterocycles. The maximum absolute atomic E-state index is 13.3. The molecule has 2 amide bonds. The summed E-state index contributed by atoms with van der Waals surface area (Å²) in [6, 6.07) is 10.5. The summed E-state index contributed by atoms with van der Waals surface area (Å²) in [6.45, 7) is 5.32. The highest BCUT2D eigenvalue weighted by molar-refractivity contribution is 7.86. The number of rotatable bonds is 6. The van der Waals surface area contributed by atoms with Crippen molar-refractivity contribution in [1.82, 2.24) is 18.4 Å². The Hall–Kier alpha value is -2.17. The van der Waals surface area contributed by atoms with Crippen LogP contribution in [0.25, 0.3) is 0 Å². The third-order valence-electron chi connectivity index (χ3n) is 7.44. The molecule has 0 aromatic heterocycles. The number of carbonyl (C=O) groups excluding carboxylic acids is 2. The molecule has 3 aliphatic rings. The van der Waals surface area contributed by atoms with Gasteiger partial charge in [-0.1, -0.05) is 30.3 Å². The van der Waals surface area contributed by atoms with E-state index < -0.39 is 16.3 Å². The number of carbonyl (C=O) groups is 2. The fourth-order valence-corrected chi connectivity index (χ4v) is 7.08. The van der Waals surface area contributed by atoms with Gasteiger partial charge < -0.3 is 14.5 Å². The lowest BCUT2D eigenvalue weighted by molar-refractivity contribution is -0.138. The number of piperazine rings is 1. The molecule has 0 bridgehead atoms. The van der Waals surface area contributed by atoms with E-state index >= 15 is 0 Å². The van der Waals surface area contributed by atoms with Gasteiger partial charge >= 0.3 is 6.09 Å². The van der Waals surface area contributed by atoms with Gasteiger partial charge in [0.25, 0.3) is 10.2 Å². The third kappa shape index (κ3) is 6.34.